The van der Waals surface area contributed by atoms with Gasteiger partial charge in [0.05, 0.1) is 26.4 Å². The lowest BCUT2D eigenvalue weighted by Crippen LogP contribution is -2.30. The number of allylic oxidation sites excluding steroid dienone is 4. The predicted octanol–water partition coefficient (Wildman–Crippen LogP) is 25.5. The highest BCUT2D eigenvalue weighted by Crippen LogP contribution is 2.45. The van der Waals surface area contributed by atoms with Gasteiger partial charge in [-0.25, -0.2) is 9.13 Å². The van der Waals surface area contributed by atoms with Crippen molar-refractivity contribution in [2.24, 2.45) is 5.92 Å². The molecule has 0 rings (SSSR count). The lowest BCUT2D eigenvalue weighted by molar-refractivity contribution is -0.161. The van der Waals surface area contributed by atoms with Gasteiger partial charge in [-0.2, -0.15) is 0 Å². The Balaban J connectivity index is 5.23. The van der Waals surface area contributed by atoms with Crippen molar-refractivity contribution >= 4 is 39.5 Å². The van der Waals surface area contributed by atoms with Crippen LogP contribution >= 0.6 is 15.6 Å². The Morgan fingerprint density at radius 3 is 0.788 bits per heavy atom. The standard InChI is InChI=1S/C85H162O17P2/c1-6-9-12-15-18-21-24-27-30-32-34-35-37-39-42-45-48-51-54-61-66-70-84(89)101-80(74-95-82(87)68-63-58-52-49-46-43-41-38-36-33-31-28-25-22-19-16-13-10-7-2)76-99-103(91,92)97-72-79(86)73-98-104(93,94)100-77-81(75-96-83(88)69-64-59-56-55-57-62-67-78(4)5)102-85(90)71-65-60-53-50-47-44-40-29-26-23-20-17-14-11-8-3/h23,26,29,40,78-81,86H,6-22,24-25,27-28,30-39,41-77H2,1-5H3,(H,91,92)(H,93,94)/b26-23-,40-29-/t79-,80-,81-/m1/s1. The van der Waals surface area contributed by atoms with Crippen LogP contribution in [0.4, 0.5) is 0 Å². The molecule has 0 saturated carbocycles. The number of hydrogen-bond donors (Lipinski definition) is 3. The number of carbonyl (C=O) groups is 4. The molecule has 0 aliphatic heterocycles. The van der Waals surface area contributed by atoms with Crippen LogP contribution in [-0.4, -0.2) is 96.7 Å². The Hall–Kier alpha value is -2.46. The Morgan fingerprint density at radius 1 is 0.298 bits per heavy atom. The molecule has 0 aromatic heterocycles. The predicted molar refractivity (Wildman–Crippen MR) is 428 cm³/mol. The summed E-state index contributed by atoms with van der Waals surface area (Å²) in [5, 5.41) is 10.7. The first-order chi connectivity index (χ1) is 50.5. The van der Waals surface area contributed by atoms with E-state index in [-0.39, 0.29) is 25.7 Å². The van der Waals surface area contributed by atoms with Gasteiger partial charge in [-0.3, -0.25) is 37.3 Å². The molecule has 0 heterocycles. The van der Waals surface area contributed by atoms with Gasteiger partial charge in [0.15, 0.2) is 12.2 Å². The maximum atomic E-state index is 13.1. The van der Waals surface area contributed by atoms with Crippen molar-refractivity contribution in [3.63, 3.8) is 0 Å². The van der Waals surface area contributed by atoms with Gasteiger partial charge in [-0.05, 0) is 57.3 Å². The van der Waals surface area contributed by atoms with Crippen molar-refractivity contribution in [2.75, 3.05) is 39.6 Å². The normalized spacial score (nSPS) is 13.9. The third-order valence-corrected chi connectivity index (χ3v) is 21.3. The molecule has 3 N–H and O–H groups in total. The fourth-order valence-corrected chi connectivity index (χ4v) is 14.3. The van der Waals surface area contributed by atoms with Crippen LogP contribution < -0.4 is 0 Å². The minimum atomic E-state index is -4.97. The van der Waals surface area contributed by atoms with Crippen molar-refractivity contribution in [1.82, 2.24) is 0 Å². The molecule has 19 heteroatoms. The quantitative estimate of drug-likeness (QED) is 0.0169. The number of phosphoric acid groups is 2. The molecule has 0 aromatic carbocycles. The summed E-state index contributed by atoms with van der Waals surface area (Å²) in [6.07, 6.45) is 73.3. The van der Waals surface area contributed by atoms with Crippen LogP contribution in [0.2, 0.25) is 0 Å². The number of esters is 4. The van der Waals surface area contributed by atoms with E-state index in [1.165, 1.54) is 238 Å². The van der Waals surface area contributed by atoms with Crippen LogP contribution in [0.25, 0.3) is 0 Å². The molecule has 104 heavy (non-hydrogen) atoms. The largest absolute Gasteiger partial charge is 0.472 e. The van der Waals surface area contributed by atoms with Gasteiger partial charge in [-0.1, -0.05) is 380 Å². The van der Waals surface area contributed by atoms with Crippen LogP contribution in [0.15, 0.2) is 24.3 Å². The first-order valence-electron chi connectivity index (χ1n) is 43.5. The molecular formula is C85H162O17P2. The Labute approximate surface area is 637 Å². The molecule has 0 aromatic rings. The molecule has 0 saturated heterocycles. The second-order valence-electron chi connectivity index (χ2n) is 30.4. The van der Waals surface area contributed by atoms with E-state index in [0.717, 1.165) is 109 Å². The van der Waals surface area contributed by atoms with Gasteiger partial charge < -0.3 is 33.8 Å². The molecule has 17 nitrogen and oxygen atoms in total. The highest BCUT2D eigenvalue weighted by molar-refractivity contribution is 7.47. The highest BCUT2D eigenvalue weighted by Gasteiger charge is 2.30. The molecule has 0 amide bonds. The average molecular weight is 1520 g/mol. The number of hydrogen-bond acceptors (Lipinski definition) is 15. The zero-order chi connectivity index (χ0) is 76.2. The number of aliphatic hydroxyl groups excluding tert-OH is 1. The number of ether oxygens (including phenoxy) is 4. The molecule has 0 aliphatic rings. The van der Waals surface area contributed by atoms with Crippen LogP contribution in [0, 0.1) is 5.92 Å². The summed E-state index contributed by atoms with van der Waals surface area (Å²) in [7, 11) is -9.94. The first kappa shape index (κ1) is 102. The van der Waals surface area contributed by atoms with Gasteiger partial charge in [0.2, 0.25) is 0 Å². The molecule has 0 spiro atoms. The SMILES string of the molecule is CCCCCC/C=C\C=C/CCCCCCCC(=O)O[C@H](COC(=O)CCCCCCCCC(C)C)COP(=O)(O)OC[C@H](O)COP(=O)(O)OC[C@@H](COC(=O)CCCCCCCCCCCCCCCCCCCCC)OC(=O)CCCCCCCCCCCCCCCCCCCCCCC. The monoisotopic (exact) mass is 1520 g/mol. The minimum absolute atomic E-state index is 0.0844. The van der Waals surface area contributed by atoms with Crippen molar-refractivity contribution in [3.05, 3.63) is 24.3 Å². The summed E-state index contributed by atoms with van der Waals surface area (Å²) in [5.74, 6) is -1.46. The number of rotatable bonds is 83. The highest BCUT2D eigenvalue weighted by atomic mass is 31.2. The van der Waals surface area contributed by atoms with E-state index in [9.17, 15) is 43.2 Å². The average Bonchev–Trinajstić information content (AvgIpc) is 0.931. The van der Waals surface area contributed by atoms with Crippen LogP contribution in [0.1, 0.15) is 433 Å². The molecule has 0 aliphatic carbocycles. The number of phosphoric ester groups is 2. The molecule has 5 atom stereocenters. The van der Waals surface area contributed by atoms with Crippen molar-refractivity contribution < 1.29 is 80.2 Å². The van der Waals surface area contributed by atoms with Gasteiger partial charge >= 0.3 is 39.5 Å². The van der Waals surface area contributed by atoms with Crippen molar-refractivity contribution in [2.45, 2.75) is 451 Å². The summed E-state index contributed by atoms with van der Waals surface area (Å²) in [6, 6.07) is 0. The van der Waals surface area contributed by atoms with Crippen LogP contribution in [0.5, 0.6) is 0 Å². The molecule has 614 valence electrons. The summed E-state index contributed by atoms with van der Waals surface area (Å²) in [5.41, 5.74) is 0. The second kappa shape index (κ2) is 77.3. The lowest BCUT2D eigenvalue weighted by Gasteiger charge is -2.21. The molecular weight excluding hydrogens is 1350 g/mol. The van der Waals surface area contributed by atoms with Crippen molar-refractivity contribution in [1.29, 1.82) is 0 Å². The fourth-order valence-electron chi connectivity index (χ4n) is 12.8. The van der Waals surface area contributed by atoms with E-state index in [1.54, 1.807) is 0 Å². The topological polar surface area (TPSA) is 237 Å². The first-order valence-corrected chi connectivity index (χ1v) is 46.4. The summed E-state index contributed by atoms with van der Waals surface area (Å²) >= 11 is 0. The number of aliphatic hydroxyl groups is 1. The number of unbranched alkanes of at least 4 members (excludes halogenated alkanes) is 52. The zero-order valence-corrected chi connectivity index (χ0v) is 69.4. The molecule has 0 bridgehead atoms. The third-order valence-electron chi connectivity index (χ3n) is 19.4. The fraction of sp³-hybridized carbons (Fsp3) is 0.906. The second-order valence-corrected chi connectivity index (χ2v) is 33.3. The molecule has 0 fully saturated rings. The van der Waals surface area contributed by atoms with Gasteiger partial charge in [0.1, 0.15) is 19.3 Å². The Kier molecular flexibility index (Phi) is 75.4. The third kappa shape index (κ3) is 77.7. The molecule has 0 radical (unpaired) electrons. The van der Waals surface area contributed by atoms with Gasteiger partial charge in [0.25, 0.3) is 0 Å². The molecule has 2 unspecified atom stereocenters. The van der Waals surface area contributed by atoms with E-state index >= 15 is 0 Å². The van der Waals surface area contributed by atoms with Crippen molar-refractivity contribution in [3.8, 4) is 0 Å². The van der Waals surface area contributed by atoms with E-state index in [4.69, 9.17) is 37.0 Å². The Morgan fingerprint density at radius 2 is 0.519 bits per heavy atom. The van der Waals surface area contributed by atoms with Gasteiger partial charge in [-0.15, -0.1) is 0 Å². The van der Waals surface area contributed by atoms with E-state index in [2.05, 4.69) is 58.9 Å². The summed E-state index contributed by atoms with van der Waals surface area (Å²) in [4.78, 5) is 73.1. The lowest BCUT2D eigenvalue weighted by atomic mass is 10.0. The zero-order valence-electron chi connectivity index (χ0n) is 67.7. The summed E-state index contributed by atoms with van der Waals surface area (Å²) < 4.78 is 68.7. The van der Waals surface area contributed by atoms with Crippen LogP contribution in [-0.2, 0) is 65.4 Å². The maximum absolute atomic E-state index is 13.1. The van der Waals surface area contributed by atoms with Crippen LogP contribution in [0.3, 0.4) is 0 Å². The van der Waals surface area contributed by atoms with E-state index in [1.807, 2.05) is 0 Å². The maximum Gasteiger partial charge on any atom is 0.472 e. The van der Waals surface area contributed by atoms with E-state index in [0.29, 0.717) is 31.6 Å². The minimum Gasteiger partial charge on any atom is -0.462 e. The Bertz CT molecular complexity index is 2070. The smallest absolute Gasteiger partial charge is 0.462 e. The van der Waals surface area contributed by atoms with E-state index < -0.39 is 97.5 Å². The number of carbonyl (C=O) groups excluding carboxylic acids is 4. The summed E-state index contributed by atoms with van der Waals surface area (Å²) in [6.45, 7) is 7.20. The van der Waals surface area contributed by atoms with Gasteiger partial charge in [0, 0.05) is 25.7 Å².